The van der Waals surface area contributed by atoms with E-state index in [1.54, 1.807) is 13.8 Å². The molecule has 30 heavy (non-hydrogen) atoms. The minimum Gasteiger partial charge on any atom is -0.466 e. The second-order valence-electron chi connectivity index (χ2n) is 8.86. The van der Waals surface area contributed by atoms with E-state index < -0.39 is 5.41 Å². The molecule has 2 aliphatic heterocycles. The summed E-state index contributed by atoms with van der Waals surface area (Å²) < 4.78 is 16.3. The van der Waals surface area contributed by atoms with E-state index in [1.165, 1.54) is 0 Å². The van der Waals surface area contributed by atoms with Gasteiger partial charge in [-0.15, -0.1) is 0 Å². The monoisotopic (exact) mass is 419 g/mol. The smallest absolute Gasteiger partial charge is 0.314 e. The molecule has 0 aromatic carbocycles. The first-order chi connectivity index (χ1) is 14.5. The summed E-state index contributed by atoms with van der Waals surface area (Å²) in [7, 11) is 0. The highest BCUT2D eigenvalue weighted by Gasteiger charge is 2.54. The van der Waals surface area contributed by atoms with E-state index in [2.05, 4.69) is 10.1 Å². The zero-order chi connectivity index (χ0) is 21.3. The minimum atomic E-state index is -0.619. The lowest BCUT2D eigenvalue weighted by molar-refractivity contribution is -0.168. The summed E-state index contributed by atoms with van der Waals surface area (Å²) in [4.78, 5) is 30.8. The van der Waals surface area contributed by atoms with Crippen molar-refractivity contribution < 1.29 is 23.6 Å². The summed E-state index contributed by atoms with van der Waals surface area (Å²) in [5.74, 6) is 0.517. The number of esters is 1. The molecular weight excluding hydrogens is 386 g/mol. The predicted octanol–water partition coefficient (Wildman–Crippen LogP) is 2.19. The first kappa shape index (κ1) is 21.3. The fourth-order valence-corrected chi connectivity index (χ4v) is 5.64. The van der Waals surface area contributed by atoms with E-state index in [1.807, 2.05) is 11.8 Å². The van der Waals surface area contributed by atoms with Crippen molar-refractivity contribution in [2.45, 2.75) is 52.5 Å². The van der Waals surface area contributed by atoms with Crippen LogP contribution in [0, 0.1) is 25.2 Å². The Kier molecular flexibility index (Phi) is 6.16. The van der Waals surface area contributed by atoms with Crippen molar-refractivity contribution in [3.05, 3.63) is 17.0 Å². The van der Waals surface area contributed by atoms with Crippen LogP contribution >= 0.6 is 0 Å². The number of aryl methyl sites for hydroxylation is 2. The van der Waals surface area contributed by atoms with Gasteiger partial charge >= 0.3 is 5.97 Å². The highest BCUT2D eigenvalue weighted by molar-refractivity contribution is 5.96. The van der Waals surface area contributed by atoms with Gasteiger partial charge in [-0.25, -0.2) is 0 Å². The topological polar surface area (TPSA) is 85.1 Å². The van der Waals surface area contributed by atoms with E-state index in [-0.39, 0.29) is 17.8 Å². The fourth-order valence-electron chi connectivity index (χ4n) is 5.64. The van der Waals surface area contributed by atoms with Gasteiger partial charge < -0.3 is 18.9 Å². The lowest BCUT2D eigenvalue weighted by Crippen LogP contribution is -2.59. The largest absolute Gasteiger partial charge is 0.466 e. The normalized spacial score (nSPS) is 30.0. The Morgan fingerprint density at radius 2 is 1.97 bits per heavy atom. The van der Waals surface area contributed by atoms with Gasteiger partial charge in [0.2, 0.25) is 0 Å². The van der Waals surface area contributed by atoms with E-state index in [4.69, 9.17) is 14.0 Å². The Balaban J connectivity index is 1.55. The number of nitrogens with zero attached hydrogens (tertiary/aromatic N) is 3. The van der Waals surface area contributed by atoms with Crippen LogP contribution in [0.25, 0.3) is 0 Å². The van der Waals surface area contributed by atoms with Crippen LogP contribution in [0.5, 0.6) is 0 Å². The Hall–Kier alpha value is -1.93. The SMILES string of the molecule is CCOC(=O)[C@@]12CC[C@@H](N3CCOCC3)C[C@H]1CCN(C(=O)c1c(C)noc1C)C2. The summed E-state index contributed by atoms with van der Waals surface area (Å²) in [5.41, 5.74) is 0.501. The fraction of sp³-hybridized carbons (Fsp3) is 0.773. The van der Waals surface area contributed by atoms with Crippen LogP contribution in [0.1, 0.15) is 54.4 Å². The molecular formula is C22H33N3O5. The number of likely N-dealkylation sites (tertiary alicyclic amines) is 1. The molecule has 1 amide bonds. The molecule has 3 heterocycles. The molecule has 166 valence electrons. The molecule has 8 heteroatoms. The third kappa shape index (κ3) is 3.75. The standard InChI is InChI=1S/C22H33N3O5/c1-4-29-21(27)22-7-5-18(24-9-11-28-12-10-24)13-17(22)6-8-25(14-22)20(26)19-15(2)23-30-16(19)3/h17-18H,4-14H2,1-3H3/t17-,18-,22-/m1/s1. The van der Waals surface area contributed by atoms with Crippen molar-refractivity contribution in [1.29, 1.82) is 0 Å². The molecule has 2 saturated heterocycles. The molecule has 0 spiro atoms. The van der Waals surface area contributed by atoms with E-state index in [0.29, 0.717) is 42.8 Å². The molecule has 0 radical (unpaired) electrons. The number of piperidine rings is 1. The molecule has 4 rings (SSSR count). The number of amides is 1. The summed E-state index contributed by atoms with van der Waals surface area (Å²) in [6.45, 7) is 10.3. The van der Waals surface area contributed by atoms with Crippen LogP contribution < -0.4 is 0 Å². The molecule has 3 atom stereocenters. The van der Waals surface area contributed by atoms with Crippen LogP contribution in [-0.4, -0.2) is 78.9 Å². The van der Waals surface area contributed by atoms with Gasteiger partial charge in [0, 0.05) is 32.2 Å². The van der Waals surface area contributed by atoms with Crippen molar-refractivity contribution in [3.8, 4) is 0 Å². The molecule has 3 aliphatic rings. The molecule has 0 bridgehead atoms. The number of aromatic nitrogens is 1. The molecule has 1 aromatic rings. The molecule has 1 aromatic heterocycles. The van der Waals surface area contributed by atoms with Gasteiger partial charge in [0.15, 0.2) is 0 Å². The van der Waals surface area contributed by atoms with E-state index in [0.717, 1.165) is 52.0 Å². The van der Waals surface area contributed by atoms with Crippen molar-refractivity contribution >= 4 is 11.9 Å². The summed E-state index contributed by atoms with van der Waals surface area (Å²) in [6, 6.07) is 0.478. The number of carbonyl (C=O) groups excluding carboxylic acids is 2. The molecule has 1 saturated carbocycles. The van der Waals surface area contributed by atoms with Gasteiger partial charge in [-0.3, -0.25) is 14.5 Å². The van der Waals surface area contributed by atoms with Gasteiger partial charge in [-0.1, -0.05) is 5.16 Å². The third-order valence-electron chi connectivity index (χ3n) is 7.26. The highest BCUT2D eigenvalue weighted by Crippen LogP contribution is 2.48. The molecule has 0 N–H and O–H groups in total. The first-order valence-corrected chi connectivity index (χ1v) is 11.2. The van der Waals surface area contributed by atoms with Gasteiger partial charge in [0.1, 0.15) is 11.3 Å². The number of morpholine rings is 1. The molecule has 8 nitrogen and oxygen atoms in total. The summed E-state index contributed by atoms with van der Waals surface area (Å²) in [6.07, 6.45) is 3.49. The second-order valence-corrected chi connectivity index (χ2v) is 8.86. The Bertz CT molecular complexity index is 768. The van der Waals surface area contributed by atoms with Crippen molar-refractivity contribution in [3.63, 3.8) is 0 Å². The Labute approximate surface area is 177 Å². The highest BCUT2D eigenvalue weighted by atomic mass is 16.5. The summed E-state index contributed by atoms with van der Waals surface area (Å²) >= 11 is 0. The van der Waals surface area contributed by atoms with Crippen molar-refractivity contribution in [2.24, 2.45) is 11.3 Å². The van der Waals surface area contributed by atoms with Gasteiger partial charge in [-0.05, 0) is 52.4 Å². The number of carbonyl (C=O) groups is 2. The second kappa shape index (κ2) is 8.67. The number of ether oxygens (including phenoxy) is 2. The van der Waals surface area contributed by atoms with Crippen molar-refractivity contribution in [1.82, 2.24) is 15.0 Å². The predicted molar refractivity (Wildman–Crippen MR) is 109 cm³/mol. The number of fused-ring (bicyclic) bond motifs is 1. The number of hydrogen-bond donors (Lipinski definition) is 0. The van der Waals surface area contributed by atoms with Gasteiger partial charge in [0.25, 0.3) is 5.91 Å². The Morgan fingerprint density at radius 1 is 1.20 bits per heavy atom. The van der Waals surface area contributed by atoms with Crippen LogP contribution in [0.3, 0.4) is 0 Å². The van der Waals surface area contributed by atoms with Crippen LogP contribution in [0.2, 0.25) is 0 Å². The first-order valence-electron chi connectivity index (χ1n) is 11.2. The maximum atomic E-state index is 13.3. The van der Waals surface area contributed by atoms with Gasteiger partial charge in [0.05, 0.1) is 30.9 Å². The lowest BCUT2D eigenvalue weighted by Gasteiger charge is -2.52. The number of rotatable bonds is 4. The third-order valence-corrected chi connectivity index (χ3v) is 7.26. The molecule has 1 aliphatic carbocycles. The maximum Gasteiger partial charge on any atom is 0.314 e. The quantitative estimate of drug-likeness (QED) is 0.692. The van der Waals surface area contributed by atoms with Crippen molar-refractivity contribution in [2.75, 3.05) is 46.0 Å². The van der Waals surface area contributed by atoms with Crippen LogP contribution in [0.4, 0.5) is 0 Å². The number of hydrogen-bond acceptors (Lipinski definition) is 7. The summed E-state index contributed by atoms with van der Waals surface area (Å²) in [5, 5.41) is 3.93. The lowest BCUT2D eigenvalue weighted by atomic mass is 9.61. The zero-order valence-corrected chi connectivity index (χ0v) is 18.3. The average molecular weight is 420 g/mol. The zero-order valence-electron chi connectivity index (χ0n) is 18.3. The Morgan fingerprint density at radius 3 is 2.63 bits per heavy atom. The average Bonchev–Trinajstić information content (AvgIpc) is 3.11. The van der Waals surface area contributed by atoms with E-state index in [9.17, 15) is 9.59 Å². The van der Waals surface area contributed by atoms with Crippen LogP contribution in [-0.2, 0) is 14.3 Å². The minimum absolute atomic E-state index is 0.0938. The van der Waals surface area contributed by atoms with Crippen LogP contribution in [0.15, 0.2) is 4.52 Å². The van der Waals surface area contributed by atoms with Gasteiger partial charge in [-0.2, -0.15) is 0 Å². The molecule has 3 fully saturated rings. The van der Waals surface area contributed by atoms with E-state index >= 15 is 0 Å². The molecule has 0 unspecified atom stereocenters. The maximum absolute atomic E-state index is 13.3.